The number of carboxylic acids is 1. The molecule has 0 spiro atoms. The molecule has 6 heteroatoms. The van der Waals surface area contributed by atoms with Crippen LogP contribution < -0.4 is 0 Å². The number of rotatable bonds is 8. The van der Waals surface area contributed by atoms with Gasteiger partial charge in [0.25, 0.3) is 0 Å². The molecular formula is C25H28FNO4. The molecule has 1 aliphatic carbocycles. The van der Waals surface area contributed by atoms with E-state index in [4.69, 9.17) is 5.11 Å². The third-order valence-electron chi connectivity index (χ3n) is 5.43. The van der Waals surface area contributed by atoms with Crippen LogP contribution >= 0.6 is 0 Å². The molecular weight excluding hydrogens is 397 g/mol. The lowest BCUT2D eigenvalue weighted by atomic mass is 9.96. The van der Waals surface area contributed by atoms with Crippen molar-refractivity contribution in [3.05, 3.63) is 88.3 Å². The standard InChI is InChI=1S/C25H28FNO4/c1-15-4-10-20-22(12-15)24(16-5-7-17(26)8-6-16)21(25(20)27(2)3)11-9-18(28)13-19(29)14-23(30)31/h4-12,18-19,25,28-29H,13-14H2,1-3H3,(H,30,31)/b11-9+/t18-,19-,25?/m1/s1. The van der Waals surface area contributed by atoms with Crippen molar-refractivity contribution in [1.29, 1.82) is 0 Å². The Morgan fingerprint density at radius 3 is 2.45 bits per heavy atom. The van der Waals surface area contributed by atoms with E-state index in [1.807, 2.05) is 27.1 Å². The summed E-state index contributed by atoms with van der Waals surface area (Å²) >= 11 is 0. The molecule has 3 atom stereocenters. The number of aliphatic hydroxyl groups is 2. The minimum absolute atomic E-state index is 0.0666. The number of benzene rings is 2. The highest BCUT2D eigenvalue weighted by Gasteiger charge is 2.32. The van der Waals surface area contributed by atoms with Crippen molar-refractivity contribution in [2.75, 3.05) is 14.1 Å². The number of carbonyl (C=O) groups is 1. The predicted molar refractivity (Wildman–Crippen MR) is 118 cm³/mol. The van der Waals surface area contributed by atoms with Gasteiger partial charge in [0.15, 0.2) is 0 Å². The molecule has 1 unspecified atom stereocenters. The third kappa shape index (κ3) is 5.28. The molecule has 2 aromatic carbocycles. The van der Waals surface area contributed by atoms with Crippen molar-refractivity contribution >= 4 is 11.5 Å². The number of hydrogen-bond acceptors (Lipinski definition) is 4. The quantitative estimate of drug-likeness (QED) is 0.601. The molecule has 0 aliphatic heterocycles. The lowest BCUT2D eigenvalue weighted by molar-refractivity contribution is -0.139. The van der Waals surface area contributed by atoms with Crippen LogP contribution in [0.5, 0.6) is 0 Å². The zero-order valence-electron chi connectivity index (χ0n) is 17.9. The molecule has 0 amide bonds. The van der Waals surface area contributed by atoms with Gasteiger partial charge in [0.05, 0.1) is 24.7 Å². The third-order valence-corrected chi connectivity index (χ3v) is 5.43. The highest BCUT2D eigenvalue weighted by molar-refractivity contribution is 5.90. The first-order chi connectivity index (χ1) is 14.7. The Morgan fingerprint density at radius 2 is 1.84 bits per heavy atom. The lowest BCUT2D eigenvalue weighted by Gasteiger charge is -2.23. The molecule has 5 nitrogen and oxygen atoms in total. The molecule has 0 saturated carbocycles. The van der Waals surface area contributed by atoms with Gasteiger partial charge in [-0.05, 0) is 61.0 Å². The zero-order valence-corrected chi connectivity index (χ0v) is 17.9. The number of carboxylic acid groups (broad SMARTS) is 1. The Bertz CT molecular complexity index is 1010. The van der Waals surface area contributed by atoms with Crippen molar-refractivity contribution in [2.45, 2.75) is 38.0 Å². The largest absolute Gasteiger partial charge is 0.481 e. The molecule has 31 heavy (non-hydrogen) atoms. The van der Waals surface area contributed by atoms with Gasteiger partial charge < -0.3 is 15.3 Å². The van der Waals surface area contributed by atoms with Gasteiger partial charge in [0.2, 0.25) is 0 Å². The molecule has 3 rings (SSSR count). The number of nitrogens with zero attached hydrogens (tertiary/aromatic N) is 1. The van der Waals surface area contributed by atoms with Gasteiger partial charge in [0, 0.05) is 6.42 Å². The zero-order chi connectivity index (χ0) is 22.7. The number of aliphatic carboxylic acids is 1. The van der Waals surface area contributed by atoms with E-state index in [9.17, 15) is 19.4 Å². The van der Waals surface area contributed by atoms with Crippen molar-refractivity contribution in [1.82, 2.24) is 4.90 Å². The normalized spacial score (nSPS) is 18.0. The van der Waals surface area contributed by atoms with Gasteiger partial charge in [-0.3, -0.25) is 9.69 Å². The summed E-state index contributed by atoms with van der Waals surface area (Å²) in [5.41, 5.74) is 6.08. The van der Waals surface area contributed by atoms with E-state index < -0.39 is 24.6 Å². The van der Waals surface area contributed by atoms with E-state index in [0.717, 1.165) is 33.4 Å². The highest BCUT2D eigenvalue weighted by Crippen LogP contribution is 2.46. The van der Waals surface area contributed by atoms with Crippen molar-refractivity contribution in [2.24, 2.45) is 0 Å². The first-order valence-corrected chi connectivity index (χ1v) is 10.2. The van der Waals surface area contributed by atoms with Crippen LogP contribution in [0, 0.1) is 12.7 Å². The second kappa shape index (κ2) is 9.56. The topological polar surface area (TPSA) is 81.0 Å². The van der Waals surface area contributed by atoms with Gasteiger partial charge in [-0.25, -0.2) is 4.39 Å². The average molecular weight is 426 g/mol. The molecule has 0 fully saturated rings. The molecule has 3 N–H and O–H groups in total. The van der Waals surface area contributed by atoms with Crippen LogP contribution in [0.15, 0.2) is 60.2 Å². The molecule has 0 saturated heterocycles. The van der Waals surface area contributed by atoms with Gasteiger partial charge in [-0.2, -0.15) is 0 Å². The Kier molecular flexibility index (Phi) is 7.05. The maximum atomic E-state index is 13.6. The molecule has 164 valence electrons. The number of likely N-dealkylation sites (N-methyl/N-ethyl adjacent to an activating group) is 1. The Labute approximate surface area is 181 Å². The Morgan fingerprint density at radius 1 is 1.16 bits per heavy atom. The fraction of sp³-hybridized carbons (Fsp3) is 0.320. The molecule has 0 radical (unpaired) electrons. The predicted octanol–water partition coefficient (Wildman–Crippen LogP) is 3.70. The monoisotopic (exact) mass is 425 g/mol. The number of hydrogen-bond donors (Lipinski definition) is 3. The second-order valence-corrected chi connectivity index (χ2v) is 8.21. The first kappa shape index (κ1) is 22.9. The summed E-state index contributed by atoms with van der Waals surface area (Å²) in [7, 11) is 3.95. The van der Waals surface area contributed by atoms with Crippen LogP contribution in [0.4, 0.5) is 4.39 Å². The summed E-state index contributed by atoms with van der Waals surface area (Å²) in [6.07, 6.45) is 0.802. The molecule has 2 aromatic rings. The smallest absolute Gasteiger partial charge is 0.305 e. The second-order valence-electron chi connectivity index (χ2n) is 8.21. The Balaban J connectivity index is 2.05. The molecule has 0 aromatic heterocycles. The number of halogens is 1. The minimum Gasteiger partial charge on any atom is -0.481 e. The van der Waals surface area contributed by atoms with E-state index >= 15 is 0 Å². The SMILES string of the molecule is Cc1ccc2c(c1)C(c1ccc(F)cc1)=C(/C=C/[C@@H](O)C[C@@H](O)CC(=O)O)C2N(C)C. The van der Waals surface area contributed by atoms with Crippen LogP contribution in [-0.4, -0.2) is 52.5 Å². The number of aryl methyl sites for hydroxylation is 1. The van der Waals surface area contributed by atoms with E-state index in [2.05, 4.69) is 23.1 Å². The number of aliphatic hydroxyl groups excluding tert-OH is 2. The fourth-order valence-electron chi connectivity index (χ4n) is 4.11. The maximum absolute atomic E-state index is 13.6. The van der Waals surface area contributed by atoms with Gasteiger partial charge in [-0.15, -0.1) is 0 Å². The average Bonchev–Trinajstić information content (AvgIpc) is 2.99. The van der Waals surface area contributed by atoms with Crippen LogP contribution in [0.2, 0.25) is 0 Å². The van der Waals surface area contributed by atoms with Crippen molar-refractivity contribution in [3.8, 4) is 0 Å². The maximum Gasteiger partial charge on any atom is 0.305 e. The van der Waals surface area contributed by atoms with Crippen LogP contribution in [0.3, 0.4) is 0 Å². The Hall–Kier alpha value is -2.80. The van der Waals surface area contributed by atoms with Gasteiger partial charge in [0.1, 0.15) is 5.82 Å². The van der Waals surface area contributed by atoms with E-state index in [-0.39, 0.29) is 18.3 Å². The summed E-state index contributed by atoms with van der Waals surface area (Å²) in [5.74, 6) is -1.42. The summed E-state index contributed by atoms with van der Waals surface area (Å²) in [6, 6.07) is 12.5. The fourth-order valence-corrected chi connectivity index (χ4v) is 4.11. The van der Waals surface area contributed by atoms with Crippen LogP contribution in [0.25, 0.3) is 5.57 Å². The van der Waals surface area contributed by atoms with Crippen LogP contribution in [-0.2, 0) is 4.79 Å². The molecule has 0 heterocycles. The van der Waals surface area contributed by atoms with Gasteiger partial charge in [-0.1, -0.05) is 48.0 Å². The molecule has 1 aliphatic rings. The van der Waals surface area contributed by atoms with E-state index in [0.29, 0.717) is 0 Å². The van der Waals surface area contributed by atoms with Crippen molar-refractivity contribution < 1.29 is 24.5 Å². The lowest BCUT2D eigenvalue weighted by Crippen LogP contribution is -2.21. The van der Waals surface area contributed by atoms with Crippen molar-refractivity contribution in [3.63, 3.8) is 0 Å². The van der Waals surface area contributed by atoms with E-state index in [1.165, 1.54) is 12.1 Å². The number of fused-ring (bicyclic) bond motifs is 1. The summed E-state index contributed by atoms with van der Waals surface area (Å²) in [5, 5.41) is 29.0. The summed E-state index contributed by atoms with van der Waals surface area (Å²) in [6.45, 7) is 2.02. The summed E-state index contributed by atoms with van der Waals surface area (Å²) < 4.78 is 13.6. The minimum atomic E-state index is -1.13. The first-order valence-electron chi connectivity index (χ1n) is 10.2. The molecule has 0 bridgehead atoms. The van der Waals surface area contributed by atoms with Crippen LogP contribution in [0.1, 0.15) is 41.1 Å². The highest BCUT2D eigenvalue weighted by atomic mass is 19.1. The van der Waals surface area contributed by atoms with E-state index in [1.54, 1.807) is 18.2 Å². The summed E-state index contributed by atoms with van der Waals surface area (Å²) in [4.78, 5) is 12.8. The van der Waals surface area contributed by atoms with Gasteiger partial charge >= 0.3 is 5.97 Å².